The number of carbonyl (C=O) groups is 3. The second kappa shape index (κ2) is 7.68. The van der Waals surface area contributed by atoms with E-state index in [4.69, 9.17) is 4.74 Å². The van der Waals surface area contributed by atoms with Crippen molar-refractivity contribution in [3.05, 3.63) is 29.8 Å². The van der Waals surface area contributed by atoms with E-state index in [-0.39, 0.29) is 36.9 Å². The quantitative estimate of drug-likeness (QED) is 0.828. The number of carbonyl (C=O) groups excluding carboxylic acids is 3. The van der Waals surface area contributed by atoms with Crippen LogP contribution in [0.3, 0.4) is 0 Å². The Balaban J connectivity index is 1.90. The lowest BCUT2D eigenvalue weighted by molar-refractivity contribution is -0.152. The van der Waals surface area contributed by atoms with Gasteiger partial charge in [0, 0.05) is 24.2 Å². The van der Waals surface area contributed by atoms with Gasteiger partial charge < -0.3 is 15.0 Å². The first-order valence-corrected chi connectivity index (χ1v) is 8.56. The smallest absolute Gasteiger partial charge is 0.311 e. The molecular formula is C19H26N2O4. The summed E-state index contributed by atoms with van der Waals surface area (Å²) in [4.78, 5) is 37.7. The minimum atomic E-state index is -0.541. The van der Waals surface area contributed by atoms with Crippen LogP contribution in [0, 0.1) is 5.92 Å². The van der Waals surface area contributed by atoms with Gasteiger partial charge in [-0.25, -0.2) is 0 Å². The Labute approximate surface area is 148 Å². The molecule has 0 aromatic heterocycles. The predicted molar refractivity (Wildman–Crippen MR) is 95.1 cm³/mol. The van der Waals surface area contributed by atoms with Gasteiger partial charge in [-0.15, -0.1) is 0 Å². The van der Waals surface area contributed by atoms with Gasteiger partial charge >= 0.3 is 5.97 Å². The lowest BCUT2D eigenvalue weighted by Gasteiger charge is -2.20. The fourth-order valence-corrected chi connectivity index (χ4v) is 2.74. The third kappa shape index (κ3) is 5.31. The van der Waals surface area contributed by atoms with Gasteiger partial charge in [-0.1, -0.05) is 19.1 Å². The fourth-order valence-electron chi connectivity index (χ4n) is 2.74. The third-order valence-corrected chi connectivity index (χ3v) is 3.97. The van der Waals surface area contributed by atoms with Crippen molar-refractivity contribution in [1.82, 2.24) is 5.32 Å². The zero-order chi connectivity index (χ0) is 18.6. The molecule has 2 amide bonds. The van der Waals surface area contributed by atoms with Crippen molar-refractivity contribution >= 4 is 23.5 Å². The van der Waals surface area contributed by atoms with Crippen LogP contribution in [0.5, 0.6) is 0 Å². The van der Waals surface area contributed by atoms with Crippen LogP contribution in [0.25, 0.3) is 0 Å². The summed E-state index contributed by atoms with van der Waals surface area (Å²) in [5.41, 5.74) is 1.59. The Morgan fingerprint density at radius 1 is 1.24 bits per heavy atom. The van der Waals surface area contributed by atoms with E-state index < -0.39 is 11.9 Å². The molecule has 1 aromatic carbocycles. The van der Waals surface area contributed by atoms with E-state index in [2.05, 4.69) is 12.2 Å². The molecule has 0 spiro atoms. The first-order valence-electron chi connectivity index (χ1n) is 8.56. The average Bonchev–Trinajstić information content (AvgIpc) is 2.93. The molecule has 0 unspecified atom stereocenters. The molecular weight excluding hydrogens is 320 g/mol. The lowest BCUT2D eigenvalue weighted by Crippen LogP contribution is -2.43. The van der Waals surface area contributed by atoms with Crippen LogP contribution < -0.4 is 10.2 Å². The molecule has 0 saturated carbocycles. The largest absolute Gasteiger partial charge is 0.455 e. The molecule has 6 heteroatoms. The summed E-state index contributed by atoms with van der Waals surface area (Å²) in [7, 11) is 0. The van der Waals surface area contributed by atoms with E-state index in [1.807, 2.05) is 45.0 Å². The van der Waals surface area contributed by atoms with E-state index in [0.717, 1.165) is 12.1 Å². The zero-order valence-electron chi connectivity index (χ0n) is 15.3. The molecule has 1 aliphatic rings. The SMILES string of the molecule is CCc1ccc(N2C[C@H](C(=O)OCC(=O)NC(C)(C)C)CC2=O)cc1. The van der Waals surface area contributed by atoms with E-state index in [0.29, 0.717) is 0 Å². The fraction of sp³-hybridized carbons (Fsp3) is 0.526. The normalized spacial score (nSPS) is 17.5. The number of ether oxygens (including phenoxy) is 1. The van der Waals surface area contributed by atoms with Crippen LogP contribution in [-0.4, -0.2) is 36.5 Å². The molecule has 1 heterocycles. The number of anilines is 1. The minimum Gasteiger partial charge on any atom is -0.455 e. The van der Waals surface area contributed by atoms with Gasteiger partial charge in [0.15, 0.2) is 6.61 Å². The predicted octanol–water partition coefficient (Wildman–Crippen LogP) is 2.06. The molecule has 1 N–H and O–H groups in total. The monoisotopic (exact) mass is 346 g/mol. The molecule has 6 nitrogen and oxygen atoms in total. The van der Waals surface area contributed by atoms with E-state index in [1.54, 1.807) is 4.90 Å². The Morgan fingerprint density at radius 3 is 2.44 bits per heavy atom. The number of nitrogens with one attached hydrogen (secondary N) is 1. The third-order valence-electron chi connectivity index (χ3n) is 3.97. The van der Waals surface area contributed by atoms with Crippen molar-refractivity contribution in [1.29, 1.82) is 0 Å². The number of hydrogen-bond acceptors (Lipinski definition) is 4. The highest BCUT2D eigenvalue weighted by Crippen LogP contribution is 2.26. The van der Waals surface area contributed by atoms with Gasteiger partial charge in [-0.05, 0) is 44.9 Å². The van der Waals surface area contributed by atoms with Gasteiger partial charge in [-0.2, -0.15) is 0 Å². The second-order valence-electron chi connectivity index (χ2n) is 7.33. The Kier molecular flexibility index (Phi) is 5.82. The first-order chi connectivity index (χ1) is 11.7. The number of esters is 1. The van der Waals surface area contributed by atoms with E-state index in [1.165, 1.54) is 5.56 Å². The summed E-state index contributed by atoms with van der Waals surface area (Å²) in [5.74, 6) is -1.51. The molecule has 136 valence electrons. The number of aryl methyl sites for hydroxylation is 1. The van der Waals surface area contributed by atoms with Crippen LogP contribution in [0.15, 0.2) is 24.3 Å². The number of rotatable bonds is 5. The maximum absolute atomic E-state index is 12.2. The highest BCUT2D eigenvalue weighted by molar-refractivity contribution is 5.99. The van der Waals surface area contributed by atoms with Gasteiger partial charge in [0.25, 0.3) is 5.91 Å². The molecule has 0 bridgehead atoms. The van der Waals surface area contributed by atoms with Crippen LogP contribution in [0.2, 0.25) is 0 Å². The first kappa shape index (κ1) is 19.0. The topological polar surface area (TPSA) is 75.7 Å². The highest BCUT2D eigenvalue weighted by Gasteiger charge is 2.36. The molecule has 0 aliphatic carbocycles. The standard InChI is InChI=1S/C19H26N2O4/c1-5-13-6-8-15(9-7-13)21-11-14(10-17(21)23)18(24)25-12-16(22)20-19(2,3)4/h6-9,14H,5,10-12H2,1-4H3,(H,20,22)/t14-/m1/s1. The van der Waals surface area contributed by atoms with Crippen molar-refractivity contribution in [2.75, 3.05) is 18.1 Å². The summed E-state index contributed by atoms with van der Waals surface area (Å²) < 4.78 is 5.07. The van der Waals surface area contributed by atoms with Crippen molar-refractivity contribution < 1.29 is 19.1 Å². The maximum Gasteiger partial charge on any atom is 0.311 e. The second-order valence-corrected chi connectivity index (χ2v) is 7.33. The number of hydrogen-bond donors (Lipinski definition) is 1. The summed E-state index contributed by atoms with van der Waals surface area (Å²) in [5, 5.41) is 2.73. The van der Waals surface area contributed by atoms with Crippen molar-refractivity contribution in [2.45, 2.75) is 46.1 Å². The van der Waals surface area contributed by atoms with Crippen molar-refractivity contribution in [2.24, 2.45) is 5.92 Å². The summed E-state index contributed by atoms with van der Waals surface area (Å²) in [6, 6.07) is 7.73. The number of amides is 2. The van der Waals surface area contributed by atoms with Crippen LogP contribution in [0.4, 0.5) is 5.69 Å². The minimum absolute atomic E-state index is 0.106. The molecule has 1 atom stereocenters. The van der Waals surface area contributed by atoms with Crippen LogP contribution in [-0.2, 0) is 25.5 Å². The van der Waals surface area contributed by atoms with Crippen molar-refractivity contribution in [3.63, 3.8) is 0 Å². The Morgan fingerprint density at radius 2 is 1.88 bits per heavy atom. The molecule has 1 aliphatic heterocycles. The van der Waals surface area contributed by atoms with Crippen LogP contribution >= 0.6 is 0 Å². The molecule has 1 saturated heterocycles. The van der Waals surface area contributed by atoms with E-state index in [9.17, 15) is 14.4 Å². The number of nitrogens with zero attached hydrogens (tertiary/aromatic N) is 1. The van der Waals surface area contributed by atoms with Gasteiger partial charge in [0.2, 0.25) is 5.91 Å². The lowest BCUT2D eigenvalue weighted by atomic mass is 10.1. The maximum atomic E-state index is 12.2. The highest BCUT2D eigenvalue weighted by atomic mass is 16.5. The summed E-state index contributed by atoms with van der Waals surface area (Å²) in [6.45, 7) is 7.58. The molecule has 1 fully saturated rings. The Bertz CT molecular complexity index is 646. The van der Waals surface area contributed by atoms with Gasteiger partial charge in [0.1, 0.15) is 0 Å². The summed E-state index contributed by atoms with van der Waals surface area (Å²) >= 11 is 0. The zero-order valence-corrected chi connectivity index (χ0v) is 15.3. The van der Waals surface area contributed by atoms with E-state index >= 15 is 0 Å². The summed E-state index contributed by atoms with van der Waals surface area (Å²) in [6.07, 6.45) is 1.04. The molecule has 1 aromatic rings. The van der Waals surface area contributed by atoms with Gasteiger partial charge in [-0.3, -0.25) is 14.4 Å². The number of benzene rings is 1. The molecule has 2 rings (SSSR count). The molecule has 25 heavy (non-hydrogen) atoms. The average molecular weight is 346 g/mol. The Hall–Kier alpha value is -2.37. The van der Waals surface area contributed by atoms with Gasteiger partial charge in [0.05, 0.1) is 5.92 Å². The molecule has 0 radical (unpaired) electrons. The van der Waals surface area contributed by atoms with Crippen molar-refractivity contribution in [3.8, 4) is 0 Å². The van der Waals surface area contributed by atoms with Crippen LogP contribution in [0.1, 0.15) is 39.7 Å².